The van der Waals surface area contributed by atoms with Crippen LogP contribution in [0.25, 0.3) is 0 Å². The van der Waals surface area contributed by atoms with E-state index < -0.39 is 0 Å². The van der Waals surface area contributed by atoms with Gasteiger partial charge in [0.2, 0.25) is 0 Å². The van der Waals surface area contributed by atoms with Crippen LogP contribution >= 0.6 is 12.4 Å². The minimum Gasteiger partial charge on any atom is -0.384 e. The quantitative estimate of drug-likeness (QED) is 0.767. The fourth-order valence-electron chi connectivity index (χ4n) is 3.07. The van der Waals surface area contributed by atoms with E-state index in [2.05, 4.69) is 5.32 Å². The van der Waals surface area contributed by atoms with Crippen molar-refractivity contribution in [1.29, 1.82) is 0 Å². The van der Waals surface area contributed by atoms with Crippen molar-refractivity contribution in [2.24, 2.45) is 5.73 Å². The molecule has 4 nitrogen and oxygen atoms in total. The van der Waals surface area contributed by atoms with Crippen molar-refractivity contribution < 1.29 is 9.18 Å². The molecule has 2 aliphatic rings. The van der Waals surface area contributed by atoms with Crippen LogP contribution in [-0.4, -0.2) is 30.6 Å². The van der Waals surface area contributed by atoms with Crippen LogP contribution in [0.2, 0.25) is 0 Å². The van der Waals surface area contributed by atoms with E-state index in [9.17, 15) is 9.18 Å². The molecule has 0 saturated carbocycles. The first-order valence-electron chi connectivity index (χ1n) is 6.19. The second kappa shape index (κ2) is 4.89. The fraction of sp³-hybridized carbons (Fsp3) is 0.462. The topological polar surface area (TPSA) is 58.4 Å². The summed E-state index contributed by atoms with van der Waals surface area (Å²) in [6, 6.07) is 4.52. The lowest BCUT2D eigenvalue weighted by Gasteiger charge is -2.38. The Morgan fingerprint density at radius 1 is 1.37 bits per heavy atom. The Morgan fingerprint density at radius 2 is 2.05 bits per heavy atom. The van der Waals surface area contributed by atoms with Gasteiger partial charge >= 0.3 is 6.03 Å². The Labute approximate surface area is 117 Å². The second-order valence-electron chi connectivity index (χ2n) is 5.15. The number of benzene rings is 1. The third-order valence-electron chi connectivity index (χ3n) is 4.20. The number of fused-ring (bicyclic) bond motifs is 2. The zero-order chi connectivity index (χ0) is 12.8. The van der Waals surface area contributed by atoms with Gasteiger partial charge in [-0.15, -0.1) is 12.4 Å². The number of carbonyl (C=O) groups excluding carboxylic acids is 1. The van der Waals surface area contributed by atoms with Gasteiger partial charge in [-0.3, -0.25) is 0 Å². The number of anilines is 1. The molecule has 1 aromatic carbocycles. The van der Waals surface area contributed by atoms with E-state index in [1.807, 2.05) is 0 Å². The molecule has 1 saturated heterocycles. The van der Waals surface area contributed by atoms with Gasteiger partial charge < -0.3 is 16.0 Å². The van der Waals surface area contributed by atoms with E-state index in [1.54, 1.807) is 17.0 Å². The fourth-order valence-corrected chi connectivity index (χ4v) is 3.07. The van der Waals surface area contributed by atoms with Gasteiger partial charge in [0.1, 0.15) is 5.82 Å². The summed E-state index contributed by atoms with van der Waals surface area (Å²) in [4.78, 5) is 12.8. The first kappa shape index (κ1) is 13.9. The second-order valence-corrected chi connectivity index (χ2v) is 5.15. The molecule has 0 bridgehead atoms. The van der Waals surface area contributed by atoms with E-state index in [1.165, 1.54) is 6.07 Å². The number of rotatable bonds is 0. The van der Waals surface area contributed by atoms with Crippen molar-refractivity contribution in [2.75, 3.05) is 25.0 Å². The third-order valence-corrected chi connectivity index (χ3v) is 4.20. The first-order valence-corrected chi connectivity index (χ1v) is 6.19. The summed E-state index contributed by atoms with van der Waals surface area (Å²) in [5.41, 5.74) is 7.31. The molecule has 6 heteroatoms. The van der Waals surface area contributed by atoms with Crippen molar-refractivity contribution in [3.05, 3.63) is 29.6 Å². The van der Waals surface area contributed by atoms with Gasteiger partial charge in [-0.05, 0) is 36.6 Å². The molecule has 19 heavy (non-hydrogen) atoms. The Morgan fingerprint density at radius 3 is 2.68 bits per heavy atom. The molecule has 1 spiro atoms. The zero-order valence-corrected chi connectivity index (χ0v) is 11.3. The van der Waals surface area contributed by atoms with Crippen LogP contribution in [0.15, 0.2) is 18.2 Å². The minimum atomic E-state index is -0.365. The van der Waals surface area contributed by atoms with Crippen LogP contribution in [0.1, 0.15) is 18.4 Å². The number of piperidine rings is 1. The Balaban J connectivity index is 0.00000133. The number of halogens is 2. The number of nitrogens with one attached hydrogen (secondary N) is 1. The summed E-state index contributed by atoms with van der Waals surface area (Å²) in [5, 5.41) is 3.33. The smallest absolute Gasteiger partial charge is 0.314 e. The number of amides is 2. The van der Waals surface area contributed by atoms with Gasteiger partial charge in [-0.2, -0.15) is 0 Å². The molecule has 2 heterocycles. The van der Waals surface area contributed by atoms with Crippen LogP contribution < -0.4 is 11.1 Å². The number of nitrogens with zero attached hydrogens (tertiary/aromatic N) is 1. The average Bonchev–Trinajstić information content (AvgIpc) is 2.69. The SMILES string of the molecule is Cl.NC(=O)N1CCC2(CC1)CNc1ccc(F)cc12. The maximum Gasteiger partial charge on any atom is 0.314 e. The van der Waals surface area contributed by atoms with Crippen molar-refractivity contribution in [1.82, 2.24) is 4.90 Å². The predicted octanol–water partition coefficient (Wildman–Crippen LogP) is 2.09. The third kappa shape index (κ3) is 2.23. The Hall–Kier alpha value is -1.49. The summed E-state index contributed by atoms with van der Waals surface area (Å²) >= 11 is 0. The number of urea groups is 1. The number of primary amides is 1. The van der Waals surface area contributed by atoms with E-state index in [-0.39, 0.29) is 29.7 Å². The summed E-state index contributed by atoms with van der Waals surface area (Å²) in [7, 11) is 0. The lowest BCUT2D eigenvalue weighted by Crippen LogP contribution is -2.47. The van der Waals surface area contributed by atoms with Gasteiger partial charge in [0, 0.05) is 30.7 Å². The summed E-state index contributed by atoms with van der Waals surface area (Å²) in [6.45, 7) is 2.11. The molecule has 0 radical (unpaired) electrons. The molecule has 1 fully saturated rings. The molecule has 2 aliphatic heterocycles. The van der Waals surface area contributed by atoms with Crippen LogP contribution in [-0.2, 0) is 5.41 Å². The average molecular weight is 286 g/mol. The molecular weight excluding hydrogens is 269 g/mol. The van der Waals surface area contributed by atoms with Crippen molar-refractivity contribution in [3.8, 4) is 0 Å². The molecule has 0 atom stereocenters. The Bertz CT molecular complexity index is 501. The summed E-state index contributed by atoms with van der Waals surface area (Å²) in [6.07, 6.45) is 1.67. The highest BCUT2D eigenvalue weighted by Crippen LogP contribution is 2.44. The molecule has 104 valence electrons. The normalized spacial score (nSPS) is 19.5. The molecule has 0 aliphatic carbocycles. The number of hydrogen-bond donors (Lipinski definition) is 2. The van der Waals surface area contributed by atoms with Gasteiger partial charge in [0.05, 0.1) is 0 Å². The zero-order valence-electron chi connectivity index (χ0n) is 10.5. The van der Waals surface area contributed by atoms with Crippen molar-refractivity contribution in [2.45, 2.75) is 18.3 Å². The molecule has 3 N–H and O–H groups in total. The van der Waals surface area contributed by atoms with Crippen LogP contribution in [0.4, 0.5) is 14.9 Å². The number of carbonyl (C=O) groups is 1. The molecule has 0 aromatic heterocycles. The van der Waals surface area contributed by atoms with Crippen LogP contribution in [0.5, 0.6) is 0 Å². The van der Waals surface area contributed by atoms with Crippen LogP contribution in [0, 0.1) is 5.82 Å². The Kier molecular flexibility index (Phi) is 3.58. The lowest BCUT2D eigenvalue weighted by molar-refractivity contribution is 0.171. The van der Waals surface area contributed by atoms with Gasteiger partial charge in [-0.1, -0.05) is 0 Å². The predicted molar refractivity (Wildman–Crippen MR) is 74.2 cm³/mol. The monoisotopic (exact) mass is 285 g/mol. The molecule has 1 aromatic rings. The highest BCUT2D eigenvalue weighted by Gasteiger charge is 2.42. The largest absolute Gasteiger partial charge is 0.384 e. The highest BCUT2D eigenvalue weighted by atomic mass is 35.5. The molecular formula is C13H17ClFN3O. The molecule has 3 rings (SSSR count). The van der Waals surface area contributed by atoms with Crippen molar-refractivity contribution >= 4 is 24.1 Å². The van der Waals surface area contributed by atoms with Crippen LogP contribution in [0.3, 0.4) is 0 Å². The maximum atomic E-state index is 13.4. The van der Waals surface area contributed by atoms with E-state index >= 15 is 0 Å². The van der Waals surface area contributed by atoms with E-state index in [0.717, 1.165) is 30.6 Å². The lowest BCUT2D eigenvalue weighted by atomic mass is 9.74. The summed E-state index contributed by atoms with van der Waals surface area (Å²) in [5.74, 6) is -0.200. The van der Waals surface area contributed by atoms with Crippen molar-refractivity contribution in [3.63, 3.8) is 0 Å². The molecule has 2 amide bonds. The van der Waals surface area contributed by atoms with Gasteiger partial charge in [0.25, 0.3) is 0 Å². The minimum absolute atomic E-state index is 0. The standard InChI is InChI=1S/C13H16FN3O.ClH/c14-9-1-2-11-10(7-9)13(8-16-11)3-5-17(6-4-13)12(15)18;/h1-2,7,16H,3-6,8H2,(H2,15,18);1H. The number of hydrogen-bond acceptors (Lipinski definition) is 2. The maximum absolute atomic E-state index is 13.4. The first-order chi connectivity index (χ1) is 8.61. The van der Waals surface area contributed by atoms with Gasteiger partial charge in [0.15, 0.2) is 0 Å². The van der Waals surface area contributed by atoms with E-state index in [4.69, 9.17) is 5.73 Å². The van der Waals surface area contributed by atoms with E-state index in [0.29, 0.717) is 13.1 Å². The number of likely N-dealkylation sites (tertiary alicyclic amines) is 1. The molecule has 0 unspecified atom stereocenters. The van der Waals surface area contributed by atoms with Gasteiger partial charge in [-0.25, -0.2) is 9.18 Å². The highest BCUT2D eigenvalue weighted by molar-refractivity contribution is 5.85. The summed E-state index contributed by atoms with van der Waals surface area (Å²) < 4.78 is 13.4. The number of nitrogens with two attached hydrogens (primary N) is 1.